The van der Waals surface area contributed by atoms with Crippen LogP contribution in [0.25, 0.3) is 0 Å². The molecule has 24 heavy (non-hydrogen) atoms. The third-order valence-corrected chi connectivity index (χ3v) is 3.55. The van der Waals surface area contributed by atoms with Gasteiger partial charge >= 0.3 is 5.97 Å². The van der Waals surface area contributed by atoms with E-state index in [4.69, 9.17) is 5.11 Å². The summed E-state index contributed by atoms with van der Waals surface area (Å²) in [7, 11) is 0. The molecule has 1 unspecified atom stereocenters. The Morgan fingerprint density at radius 1 is 1.00 bits per heavy atom. The lowest BCUT2D eigenvalue weighted by atomic mass is 10.0. The molecule has 136 valence electrons. The Morgan fingerprint density at radius 3 is 2.42 bits per heavy atom. The number of hydrogen-bond donors (Lipinski definition) is 2. The third-order valence-electron chi connectivity index (χ3n) is 3.55. The number of allylic oxidation sites excluding steroid dienone is 7. The van der Waals surface area contributed by atoms with Crippen LogP contribution in [-0.2, 0) is 4.79 Å². The molecule has 0 heterocycles. The molecular formula is C20H31FO3. The Labute approximate surface area is 145 Å². The maximum atomic E-state index is 13.2. The highest BCUT2D eigenvalue weighted by atomic mass is 19.1. The summed E-state index contributed by atoms with van der Waals surface area (Å²) in [6.45, 7) is 2.20. The van der Waals surface area contributed by atoms with Gasteiger partial charge in [0, 0.05) is 6.08 Å². The second kappa shape index (κ2) is 16.2. The summed E-state index contributed by atoms with van der Waals surface area (Å²) in [4.78, 5) is 10.2. The number of hydrogen-bond acceptors (Lipinski definition) is 2. The van der Waals surface area contributed by atoms with E-state index in [1.54, 1.807) is 12.2 Å². The van der Waals surface area contributed by atoms with Crippen LogP contribution in [0.4, 0.5) is 4.39 Å². The Morgan fingerprint density at radius 2 is 1.71 bits per heavy atom. The molecule has 4 heteroatoms. The SMILES string of the molecule is CCCCCCCCC(O)CC/C=C/C=C/C(F)=C/C=C/C(=O)O. The summed E-state index contributed by atoms with van der Waals surface area (Å²) in [5, 5.41) is 18.2. The molecule has 0 radical (unpaired) electrons. The van der Waals surface area contributed by atoms with Gasteiger partial charge in [-0.25, -0.2) is 9.18 Å². The highest BCUT2D eigenvalue weighted by Crippen LogP contribution is 2.11. The van der Waals surface area contributed by atoms with Crippen molar-refractivity contribution < 1.29 is 19.4 Å². The van der Waals surface area contributed by atoms with Crippen LogP contribution in [0.15, 0.2) is 48.4 Å². The van der Waals surface area contributed by atoms with Gasteiger partial charge in [-0.05, 0) is 31.4 Å². The minimum absolute atomic E-state index is 0.261. The largest absolute Gasteiger partial charge is 0.478 e. The molecule has 0 aliphatic carbocycles. The average molecular weight is 338 g/mol. The van der Waals surface area contributed by atoms with Crippen LogP contribution in [0.2, 0.25) is 0 Å². The van der Waals surface area contributed by atoms with Gasteiger partial charge < -0.3 is 10.2 Å². The molecule has 0 aliphatic rings. The summed E-state index contributed by atoms with van der Waals surface area (Å²) < 4.78 is 13.2. The highest BCUT2D eigenvalue weighted by molar-refractivity contribution is 5.80. The van der Waals surface area contributed by atoms with Crippen molar-refractivity contribution in [2.24, 2.45) is 0 Å². The van der Waals surface area contributed by atoms with Gasteiger partial charge in [-0.15, -0.1) is 0 Å². The second-order valence-corrected chi connectivity index (χ2v) is 5.82. The maximum Gasteiger partial charge on any atom is 0.328 e. The quantitative estimate of drug-likeness (QED) is 0.250. The Hall–Kier alpha value is -1.68. The summed E-state index contributed by atoms with van der Waals surface area (Å²) >= 11 is 0. The zero-order chi connectivity index (χ0) is 18.0. The van der Waals surface area contributed by atoms with E-state index in [9.17, 15) is 14.3 Å². The van der Waals surface area contributed by atoms with Crippen molar-refractivity contribution in [3.05, 3.63) is 48.4 Å². The highest BCUT2D eigenvalue weighted by Gasteiger charge is 2.02. The van der Waals surface area contributed by atoms with E-state index in [1.165, 1.54) is 38.2 Å². The molecular weight excluding hydrogens is 307 g/mol. The number of carboxylic acid groups (broad SMARTS) is 1. The number of aliphatic hydroxyl groups excluding tert-OH is 1. The molecule has 0 bridgehead atoms. The van der Waals surface area contributed by atoms with Crippen molar-refractivity contribution in [3.8, 4) is 0 Å². The molecule has 0 aromatic rings. The fourth-order valence-corrected chi connectivity index (χ4v) is 2.19. The lowest BCUT2D eigenvalue weighted by Crippen LogP contribution is -2.05. The summed E-state index contributed by atoms with van der Waals surface area (Å²) in [5.74, 6) is -1.62. The normalized spacial score (nSPS) is 14.2. The van der Waals surface area contributed by atoms with Gasteiger partial charge in [0.15, 0.2) is 0 Å². The predicted molar refractivity (Wildman–Crippen MR) is 97.5 cm³/mol. The molecule has 0 rings (SSSR count). The number of carbonyl (C=O) groups is 1. The van der Waals surface area contributed by atoms with Gasteiger partial charge in [-0.1, -0.05) is 69.8 Å². The summed E-state index contributed by atoms with van der Waals surface area (Å²) in [6.07, 6.45) is 19.0. The van der Waals surface area contributed by atoms with E-state index in [-0.39, 0.29) is 6.10 Å². The number of halogens is 1. The first-order chi connectivity index (χ1) is 11.6. The van der Waals surface area contributed by atoms with E-state index in [1.807, 2.05) is 6.08 Å². The lowest BCUT2D eigenvalue weighted by molar-refractivity contribution is -0.131. The average Bonchev–Trinajstić information content (AvgIpc) is 2.53. The number of unbranched alkanes of at least 4 members (excludes halogenated alkanes) is 5. The van der Waals surface area contributed by atoms with Crippen molar-refractivity contribution in [3.63, 3.8) is 0 Å². The van der Waals surface area contributed by atoms with E-state index >= 15 is 0 Å². The Kier molecular flexibility index (Phi) is 15.1. The molecule has 0 spiro atoms. The zero-order valence-electron chi connectivity index (χ0n) is 14.7. The molecule has 0 saturated heterocycles. The van der Waals surface area contributed by atoms with E-state index in [2.05, 4.69) is 6.92 Å². The van der Waals surface area contributed by atoms with Crippen LogP contribution in [0.5, 0.6) is 0 Å². The van der Waals surface area contributed by atoms with Crippen LogP contribution in [0.1, 0.15) is 64.7 Å². The summed E-state index contributed by atoms with van der Waals surface area (Å²) in [6, 6.07) is 0. The molecule has 0 aromatic carbocycles. The first kappa shape index (κ1) is 22.3. The molecule has 3 nitrogen and oxygen atoms in total. The Balaban J connectivity index is 3.72. The van der Waals surface area contributed by atoms with Crippen LogP contribution in [0.3, 0.4) is 0 Å². The number of aliphatic carboxylic acids is 1. The van der Waals surface area contributed by atoms with Gasteiger partial charge in [0.25, 0.3) is 0 Å². The third kappa shape index (κ3) is 16.7. The van der Waals surface area contributed by atoms with Gasteiger partial charge in [-0.2, -0.15) is 0 Å². The topological polar surface area (TPSA) is 57.5 Å². The first-order valence-electron chi connectivity index (χ1n) is 8.84. The van der Waals surface area contributed by atoms with Gasteiger partial charge in [0.2, 0.25) is 0 Å². The van der Waals surface area contributed by atoms with Crippen LogP contribution in [0, 0.1) is 0 Å². The van der Waals surface area contributed by atoms with Crippen molar-refractivity contribution in [1.82, 2.24) is 0 Å². The Bertz CT molecular complexity index is 436. The molecule has 0 amide bonds. The summed E-state index contributed by atoms with van der Waals surface area (Å²) in [5.41, 5.74) is 0. The van der Waals surface area contributed by atoms with Gasteiger partial charge in [0.05, 0.1) is 6.10 Å². The maximum absolute atomic E-state index is 13.2. The van der Waals surface area contributed by atoms with E-state index in [0.717, 1.165) is 43.9 Å². The van der Waals surface area contributed by atoms with Crippen LogP contribution in [-0.4, -0.2) is 22.3 Å². The monoisotopic (exact) mass is 338 g/mol. The standard InChI is InChI=1S/C20H31FO3/c1-2-3-4-5-6-10-15-19(22)16-11-8-7-9-13-18(21)14-12-17-20(23)24/h7-9,12-14,17,19,22H,2-6,10-11,15-16H2,1H3,(H,23,24)/b8-7+,13-9+,17-12+,18-14-. The fourth-order valence-electron chi connectivity index (χ4n) is 2.19. The van der Waals surface area contributed by atoms with Crippen LogP contribution >= 0.6 is 0 Å². The van der Waals surface area contributed by atoms with Gasteiger partial charge in [-0.3, -0.25) is 0 Å². The lowest BCUT2D eigenvalue weighted by Gasteiger charge is -2.08. The fraction of sp³-hybridized carbons (Fsp3) is 0.550. The van der Waals surface area contributed by atoms with Crippen molar-refractivity contribution in [1.29, 1.82) is 0 Å². The predicted octanol–water partition coefficient (Wildman–Crippen LogP) is 5.48. The molecule has 1 atom stereocenters. The van der Waals surface area contributed by atoms with Crippen molar-refractivity contribution >= 4 is 5.97 Å². The van der Waals surface area contributed by atoms with E-state index in [0.29, 0.717) is 0 Å². The zero-order valence-corrected chi connectivity index (χ0v) is 14.7. The van der Waals surface area contributed by atoms with Crippen LogP contribution < -0.4 is 0 Å². The molecule has 0 fully saturated rings. The first-order valence-corrected chi connectivity index (χ1v) is 8.84. The molecule has 0 aliphatic heterocycles. The minimum Gasteiger partial charge on any atom is -0.478 e. The molecule has 0 saturated carbocycles. The van der Waals surface area contributed by atoms with Gasteiger partial charge in [0.1, 0.15) is 5.83 Å². The van der Waals surface area contributed by atoms with Crippen molar-refractivity contribution in [2.75, 3.05) is 0 Å². The number of carboxylic acids is 1. The van der Waals surface area contributed by atoms with E-state index < -0.39 is 11.8 Å². The number of aliphatic hydroxyl groups is 1. The number of rotatable bonds is 14. The molecule has 2 N–H and O–H groups in total. The second-order valence-electron chi connectivity index (χ2n) is 5.82. The minimum atomic E-state index is -1.11. The smallest absolute Gasteiger partial charge is 0.328 e. The molecule has 0 aromatic heterocycles. The van der Waals surface area contributed by atoms with Crippen molar-refractivity contribution in [2.45, 2.75) is 70.8 Å².